The van der Waals surface area contributed by atoms with Crippen LogP contribution in [0.1, 0.15) is 12.8 Å². The van der Waals surface area contributed by atoms with Crippen molar-refractivity contribution < 1.29 is 8.42 Å². The number of fused-ring (bicyclic) bond motifs is 3. The molecular formula is C6H11NO2S. The van der Waals surface area contributed by atoms with E-state index in [9.17, 15) is 8.42 Å². The fourth-order valence-electron chi connectivity index (χ4n) is 1.76. The second-order valence-electron chi connectivity index (χ2n) is 3.12. The van der Waals surface area contributed by atoms with E-state index < -0.39 is 10.0 Å². The number of hydrogen-bond acceptors (Lipinski definition) is 2. The molecule has 3 saturated heterocycles. The van der Waals surface area contributed by atoms with Gasteiger partial charge in [0, 0.05) is 13.1 Å². The quantitative estimate of drug-likeness (QED) is 0.503. The van der Waals surface area contributed by atoms with Crippen molar-refractivity contribution in [3.05, 3.63) is 0 Å². The zero-order valence-corrected chi connectivity index (χ0v) is 6.60. The van der Waals surface area contributed by atoms with E-state index in [1.807, 2.05) is 0 Å². The Kier molecular flexibility index (Phi) is 1.29. The molecular weight excluding hydrogens is 150 g/mol. The van der Waals surface area contributed by atoms with Gasteiger partial charge in [-0.1, -0.05) is 0 Å². The van der Waals surface area contributed by atoms with Gasteiger partial charge in [0.1, 0.15) is 0 Å². The molecule has 3 nitrogen and oxygen atoms in total. The van der Waals surface area contributed by atoms with E-state index in [2.05, 4.69) is 0 Å². The highest BCUT2D eigenvalue weighted by Gasteiger charge is 2.36. The molecule has 0 atom stereocenters. The predicted molar refractivity (Wildman–Crippen MR) is 38.1 cm³/mol. The maximum absolute atomic E-state index is 11.2. The highest BCUT2D eigenvalue weighted by molar-refractivity contribution is 7.89. The summed E-state index contributed by atoms with van der Waals surface area (Å²) in [5, 5.41) is 0. The molecule has 0 unspecified atom stereocenters. The van der Waals surface area contributed by atoms with Gasteiger partial charge in [0.2, 0.25) is 10.0 Å². The van der Waals surface area contributed by atoms with Gasteiger partial charge in [0.25, 0.3) is 0 Å². The molecule has 3 fully saturated rings. The molecule has 0 saturated carbocycles. The maximum Gasteiger partial charge on any atom is 0.214 e. The number of sulfonamides is 1. The highest BCUT2D eigenvalue weighted by Crippen LogP contribution is 2.28. The molecule has 3 aliphatic rings. The van der Waals surface area contributed by atoms with Crippen molar-refractivity contribution in [2.24, 2.45) is 5.92 Å². The lowest BCUT2D eigenvalue weighted by Crippen LogP contribution is -2.48. The Morgan fingerprint density at radius 2 is 1.80 bits per heavy atom. The second kappa shape index (κ2) is 1.95. The lowest BCUT2D eigenvalue weighted by atomic mass is 10.0. The topological polar surface area (TPSA) is 37.4 Å². The first kappa shape index (κ1) is 6.61. The predicted octanol–water partition coefficient (Wildman–Crippen LogP) is 0.0418. The smallest absolute Gasteiger partial charge is 0.212 e. The van der Waals surface area contributed by atoms with Gasteiger partial charge in [-0.05, 0) is 18.8 Å². The molecule has 3 heterocycles. The lowest BCUT2D eigenvalue weighted by Gasteiger charge is -2.37. The Morgan fingerprint density at radius 1 is 1.20 bits per heavy atom. The van der Waals surface area contributed by atoms with Gasteiger partial charge in [0.15, 0.2) is 0 Å². The van der Waals surface area contributed by atoms with Crippen molar-refractivity contribution in [2.45, 2.75) is 12.8 Å². The second-order valence-corrected chi connectivity index (χ2v) is 5.13. The average Bonchev–Trinajstić information content (AvgIpc) is 1.87. The van der Waals surface area contributed by atoms with E-state index in [1.165, 1.54) is 0 Å². The highest BCUT2D eigenvalue weighted by atomic mass is 32.2. The molecule has 4 heteroatoms. The standard InChI is InChI=1S/C6H11NO2S/c8-10(9)5-6-1-3-7(10)4-2-6/h6H,1-5H2. The van der Waals surface area contributed by atoms with Crippen LogP contribution in [0, 0.1) is 5.92 Å². The largest absolute Gasteiger partial charge is 0.214 e. The molecule has 0 aliphatic carbocycles. The van der Waals surface area contributed by atoms with E-state index in [0.29, 0.717) is 11.7 Å². The van der Waals surface area contributed by atoms with Crippen molar-refractivity contribution in [3.8, 4) is 0 Å². The molecule has 10 heavy (non-hydrogen) atoms. The van der Waals surface area contributed by atoms with Crippen LogP contribution in [0.2, 0.25) is 0 Å². The van der Waals surface area contributed by atoms with Gasteiger partial charge < -0.3 is 0 Å². The molecule has 0 aromatic carbocycles. The number of piperidine rings is 1. The van der Waals surface area contributed by atoms with Gasteiger partial charge in [0.05, 0.1) is 5.75 Å². The van der Waals surface area contributed by atoms with E-state index in [0.717, 1.165) is 25.9 Å². The summed E-state index contributed by atoms with van der Waals surface area (Å²) in [6.45, 7) is 1.54. The van der Waals surface area contributed by atoms with E-state index in [4.69, 9.17) is 0 Å². The Hall–Kier alpha value is -0.0900. The van der Waals surface area contributed by atoms with E-state index in [-0.39, 0.29) is 0 Å². The Balaban J connectivity index is 2.31. The number of nitrogens with zero attached hydrogens (tertiary/aromatic N) is 1. The van der Waals surface area contributed by atoms with Crippen molar-refractivity contribution in [1.82, 2.24) is 4.31 Å². The molecule has 0 aromatic rings. The molecule has 0 N–H and O–H groups in total. The van der Waals surface area contributed by atoms with Crippen LogP contribution in [0.4, 0.5) is 0 Å². The summed E-state index contributed by atoms with van der Waals surface area (Å²) in [7, 11) is -2.79. The lowest BCUT2D eigenvalue weighted by molar-refractivity contribution is 0.256. The third-order valence-electron chi connectivity index (χ3n) is 2.41. The summed E-state index contributed by atoms with van der Waals surface area (Å²) >= 11 is 0. The summed E-state index contributed by atoms with van der Waals surface area (Å²) in [5.74, 6) is 0.877. The molecule has 3 aliphatic heterocycles. The minimum Gasteiger partial charge on any atom is -0.212 e. The minimum absolute atomic E-state index is 0.410. The molecule has 0 radical (unpaired) electrons. The van der Waals surface area contributed by atoms with Gasteiger partial charge in [-0.25, -0.2) is 12.7 Å². The van der Waals surface area contributed by atoms with Crippen LogP contribution in [0.5, 0.6) is 0 Å². The number of rotatable bonds is 0. The SMILES string of the molecule is O=S1(=O)CC2CCN1CC2. The van der Waals surface area contributed by atoms with Gasteiger partial charge in [-0.15, -0.1) is 0 Å². The number of hydrogen-bond donors (Lipinski definition) is 0. The van der Waals surface area contributed by atoms with Gasteiger partial charge >= 0.3 is 0 Å². The molecule has 0 amide bonds. The van der Waals surface area contributed by atoms with Crippen molar-refractivity contribution in [3.63, 3.8) is 0 Å². The zero-order valence-electron chi connectivity index (χ0n) is 5.78. The molecule has 58 valence electrons. The third-order valence-corrected chi connectivity index (χ3v) is 4.46. The first-order valence-corrected chi connectivity index (χ1v) is 5.27. The Bertz CT molecular complexity index is 226. The Labute approximate surface area is 61.1 Å². The van der Waals surface area contributed by atoms with Crippen molar-refractivity contribution >= 4 is 10.0 Å². The van der Waals surface area contributed by atoms with Gasteiger partial charge in [-0.2, -0.15) is 0 Å². The van der Waals surface area contributed by atoms with Crippen molar-refractivity contribution in [1.29, 1.82) is 0 Å². The van der Waals surface area contributed by atoms with Crippen LogP contribution in [0.15, 0.2) is 0 Å². The Morgan fingerprint density at radius 3 is 2.00 bits per heavy atom. The summed E-state index contributed by atoms with van der Waals surface area (Å²) in [6, 6.07) is 0. The average molecular weight is 161 g/mol. The molecule has 0 aromatic heterocycles. The molecule has 3 rings (SSSR count). The first-order valence-electron chi connectivity index (χ1n) is 3.66. The summed E-state index contributed by atoms with van der Waals surface area (Å²) in [4.78, 5) is 0. The summed E-state index contributed by atoms with van der Waals surface area (Å²) < 4.78 is 24.0. The fourth-order valence-corrected chi connectivity index (χ4v) is 3.66. The van der Waals surface area contributed by atoms with Crippen LogP contribution in [-0.4, -0.2) is 31.6 Å². The van der Waals surface area contributed by atoms with Crippen LogP contribution in [0.3, 0.4) is 0 Å². The monoisotopic (exact) mass is 161 g/mol. The molecule has 2 bridgehead atoms. The van der Waals surface area contributed by atoms with Crippen LogP contribution >= 0.6 is 0 Å². The summed E-state index contributed by atoms with van der Waals surface area (Å²) in [6.07, 6.45) is 2.17. The van der Waals surface area contributed by atoms with Crippen molar-refractivity contribution in [2.75, 3.05) is 18.8 Å². The summed E-state index contributed by atoms with van der Waals surface area (Å²) in [5.41, 5.74) is 0. The van der Waals surface area contributed by atoms with E-state index in [1.54, 1.807) is 4.31 Å². The third kappa shape index (κ3) is 0.864. The fraction of sp³-hybridized carbons (Fsp3) is 1.00. The van der Waals surface area contributed by atoms with Gasteiger partial charge in [-0.3, -0.25) is 0 Å². The minimum atomic E-state index is -2.79. The van der Waals surface area contributed by atoms with Crippen LogP contribution in [-0.2, 0) is 10.0 Å². The van der Waals surface area contributed by atoms with Crippen LogP contribution in [0.25, 0.3) is 0 Å². The molecule has 0 spiro atoms. The zero-order chi connectivity index (χ0) is 7.19. The normalized spacial score (nSPS) is 43.6. The van der Waals surface area contributed by atoms with E-state index >= 15 is 0 Å². The van der Waals surface area contributed by atoms with Crippen LogP contribution < -0.4 is 0 Å². The maximum atomic E-state index is 11.2. The first-order chi connectivity index (χ1) is 4.68.